The molecule has 1 aliphatic heterocycles. The quantitative estimate of drug-likeness (QED) is 0.648. The average Bonchev–Trinajstić information content (AvgIpc) is 2.56. The lowest BCUT2D eigenvalue weighted by atomic mass is 9.93. The predicted molar refractivity (Wildman–Crippen MR) is 77.2 cm³/mol. The molecule has 0 spiro atoms. The molecule has 7 heteroatoms. The van der Waals surface area contributed by atoms with Gasteiger partial charge < -0.3 is 15.3 Å². The van der Waals surface area contributed by atoms with Gasteiger partial charge in [0.05, 0.1) is 5.92 Å². The van der Waals surface area contributed by atoms with Gasteiger partial charge in [0.15, 0.2) is 0 Å². The van der Waals surface area contributed by atoms with E-state index in [1.807, 2.05) is 27.7 Å². The molecule has 2 N–H and O–H groups in total. The van der Waals surface area contributed by atoms with E-state index < -0.39 is 29.9 Å². The molecular formula is C14H25N3O4. The highest BCUT2D eigenvalue weighted by atomic mass is 16.3. The van der Waals surface area contributed by atoms with Gasteiger partial charge >= 0.3 is 0 Å². The third-order valence-corrected chi connectivity index (χ3v) is 3.84. The fourth-order valence-electron chi connectivity index (χ4n) is 2.87. The first kappa shape index (κ1) is 17.6. The molecule has 1 fully saturated rings. The van der Waals surface area contributed by atoms with Crippen LogP contribution in [0.4, 0.5) is 0 Å². The van der Waals surface area contributed by atoms with Crippen LogP contribution in [0.1, 0.15) is 27.7 Å². The summed E-state index contributed by atoms with van der Waals surface area (Å²) in [6, 6.07) is -1.02. The Balaban J connectivity index is 3.10. The Hall–Kier alpha value is -1.47. The normalized spacial score (nSPS) is 24.1. The van der Waals surface area contributed by atoms with E-state index in [-0.39, 0.29) is 18.0 Å². The Morgan fingerprint density at radius 3 is 1.95 bits per heavy atom. The van der Waals surface area contributed by atoms with Crippen molar-refractivity contribution in [1.82, 2.24) is 15.1 Å². The van der Waals surface area contributed by atoms with Crippen molar-refractivity contribution in [1.29, 1.82) is 0 Å². The summed E-state index contributed by atoms with van der Waals surface area (Å²) in [5, 5.41) is 12.8. The van der Waals surface area contributed by atoms with Crippen LogP contribution < -0.4 is 5.32 Å². The van der Waals surface area contributed by atoms with E-state index in [4.69, 9.17) is 0 Å². The number of imide groups is 1. The number of carbonyl (C=O) groups is 3. The van der Waals surface area contributed by atoms with Gasteiger partial charge in [-0.25, -0.2) is 0 Å². The molecule has 3 atom stereocenters. The Kier molecular flexibility index (Phi) is 5.47. The second-order valence-corrected chi connectivity index (χ2v) is 5.91. The number of nitrogens with zero attached hydrogens (tertiary/aromatic N) is 2. The molecular weight excluding hydrogens is 274 g/mol. The van der Waals surface area contributed by atoms with Crippen molar-refractivity contribution in [2.24, 2.45) is 5.92 Å². The molecule has 0 aliphatic carbocycles. The van der Waals surface area contributed by atoms with Crippen LogP contribution in [0.5, 0.6) is 0 Å². The van der Waals surface area contributed by atoms with Gasteiger partial charge in [0.25, 0.3) is 5.91 Å². The number of nitrogens with one attached hydrogen (secondary N) is 1. The molecule has 0 aromatic carbocycles. The molecule has 1 rings (SSSR count). The van der Waals surface area contributed by atoms with Gasteiger partial charge in [0.1, 0.15) is 12.1 Å². The molecule has 0 unspecified atom stereocenters. The monoisotopic (exact) mass is 299 g/mol. The first-order valence-electron chi connectivity index (χ1n) is 7.14. The maximum atomic E-state index is 12.7. The van der Waals surface area contributed by atoms with Crippen LogP contribution in [0.25, 0.3) is 0 Å². The van der Waals surface area contributed by atoms with E-state index in [1.165, 1.54) is 7.05 Å². The van der Waals surface area contributed by atoms with E-state index in [0.717, 1.165) is 4.90 Å². The molecule has 21 heavy (non-hydrogen) atoms. The van der Waals surface area contributed by atoms with Crippen molar-refractivity contribution in [2.45, 2.75) is 51.9 Å². The topological polar surface area (TPSA) is 90.0 Å². The number of likely N-dealkylation sites (tertiary alicyclic amines) is 1. The van der Waals surface area contributed by atoms with Gasteiger partial charge in [-0.1, -0.05) is 0 Å². The van der Waals surface area contributed by atoms with Crippen molar-refractivity contribution in [3.8, 4) is 0 Å². The highest BCUT2D eigenvalue weighted by Gasteiger charge is 2.51. The summed E-state index contributed by atoms with van der Waals surface area (Å²) in [6.45, 7) is 7.53. The zero-order valence-electron chi connectivity index (χ0n) is 13.5. The number of hydrogen-bond acceptors (Lipinski definition) is 5. The van der Waals surface area contributed by atoms with Gasteiger partial charge in [-0.15, -0.1) is 0 Å². The zero-order chi connectivity index (χ0) is 16.5. The maximum Gasteiger partial charge on any atom is 0.258 e. The second kappa shape index (κ2) is 6.53. The summed E-state index contributed by atoms with van der Waals surface area (Å²) in [6.07, 6.45) is -1.48. The first-order valence-corrected chi connectivity index (χ1v) is 7.14. The van der Waals surface area contributed by atoms with Crippen LogP contribution >= 0.6 is 0 Å². The fourth-order valence-corrected chi connectivity index (χ4v) is 2.87. The minimum atomic E-state index is -1.48. The molecule has 1 saturated heterocycles. The lowest BCUT2D eigenvalue weighted by Gasteiger charge is -2.35. The maximum absolute atomic E-state index is 12.7. The van der Waals surface area contributed by atoms with Crippen LogP contribution in [-0.4, -0.2) is 71.0 Å². The average molecular weight is 299 g/mol. The molecule has 1 heterocycles. The summed E-state index contributed by atoms with van der Waals surface area (Å²) in [7, 11) is 2.86. The van der Waals surface area contributed by atoms with Crippen LogP contribution in [0.2, 0.25) is 0 Å². The summed E-state index contributed by atoms with van der Waals surface area (Å²) in [5.74, 6) is -2.57. The number of carbonyl (C=O) groups excluding carboxylic acids is 3. The van der Waals surface area contributed by atoms with Gasteiger partial charge in [-0.05, 0) is 34.7 Å². The third-order valence-electron chi connectivity index (χ3n) is 3.84. The summed E-state index contributed by atoms with van der Waals surface area (Å²) in [5.41, 5.74) is 0. The van der Waals surface area contributed by atoms with Crippen molar-refractivity contribution in [3.05, 3.63) is 0 Å². The lowest BCUT2D eigenvalue weighted by molar-refractivity contribution is -0.144. The molecule has 0 aromatic rings. The Morgan fingerprint density at radius 1 is 1.19 bits per heavy atom. The molecule has 0 saturated carbocycles. The highest BCUT2D eigenvalue weighted by molar-refractivity contribution is 6.08. The molecule has 0 radical (unpaired) electrons. The smallest absolute Gasteiger partial charge is 0.258 e. The fraction of sp³-hybridized carbons (Fsp3) is 0.786. The highest BCUT2D eigenvalue weighted by Crippen LogP contribution is 2.24. The first-order chi connectivity index (χ1) is 9.64. The Morgan fingerprint density at radius 2 is 1.67 bits per heavy atom. The lowest BCUT2D eigenvalue weighted by Crippen LogP contribution is -2.56. The van der Waals surface area contributed by atoms with Gasteiger partial charge in [0, 0.05) is 19.1 Å². The van der Waals surface area contributed by atoms with Crippen molar-refractivity contribution in [3.63, 3.8) is 0 Å². The molecule has 0 aromatic heterocycles. The molecule has 1 aliphatic rings. The SMILES string of the molecule is CN[C@H](C(=O)N(C(C)C)C(C)C)[C@H]1C(=O)N(C)C(=O)[C@H]1O. The van der Waals surface area contributed by atoms with Crippen LogP contribution in [0.3, 0.4) is 0 Å². The molecule has 7 nitrogen and oxygen atoms in total. The second-order valence-electron chi connectivity index (χ2n) is 5.91. The Bertz CT molecular complexity index is 428. The third kappa shape index (κ3) is 3.08. The summed E-state index contributed by atoms with van der Waals surface area (Å²) < 4.78 is 0. The van der Waals surface area contributed by atoms with Gasteiger partial charge in [-0.3, -0.25) is 19.3 Å². The van der Waals surface area contributed by atoms with Crippen molar-refractivity contribution < 1.29 is 19.5 Å². The van der Waals surface area contributed by atoms with Gasteiger partial charge in [-0.2, -0.15) is 0 Å². The summed E-state index contributed by atoms with van der Waals surface area (Å²) in [4.78, 5) is 39.1. The predicted octanol–water partition coefficient (Wildman–Crippen LogP) is -0.804. The molecule has 0 bridgehead atoms. The van der Waals surface area contributed by atoms with E-state index in [9.17, 15) is 19.5 Å². The molecule has 3 amide bonds. The number of rotatable bonds is 5. The van der Waals surface area contributed by atoms with Gasteiger partial charge in [0.2, 0.25) is 11.8 Å². The van der Waals surface area contributed by atoms with E-state index >= 15 is 0 Å². The summed E-state index contributed by atoms with van der Waals surface area (Å²) >= 11 is 0. The standard InChI is InChI=1S/C14H25N3O4/c1-7(2)17(8(3)4)13(20)10(15-5)9-11(18)14(21)16(6)12(9)19/h7-11,15,18H,1-6H3/t9-,10+,11+/m1/s1. The van der Waals surface area contributed by atoms with Crippen LogP contribution in [-0.2, 0) is 14.4 Å². The zero-order valence-corrected chi connectivity index (χ0v) is 13.5. The number of hydrogen-bond donors (Lipinski definition) is 2. The van der Waals surface area contributed by atoms with E-state index in [2.05, 4.69) is 5.32 Å². The molecule has 120 valence electrons. The number of aliphatic hydroxyl groups is 1. The van der Waals surface area contributed by atoms with Crippen molar-refractivity contribution in [2.75, 3.05) is 14.1 Å². The van der Waals surface area contributed by atoms with Crippen LogP contribution in [0.15, 0.2) is 0 Å². The number of likely N-dealkylation sites (N-methyl/N-ethyl adjacent to an activating group) is 2. The number of amides is 3. The van der Waals surface area contributed by atoms with E-state index in [1.54, 1.807) is 11.9 Å². The Labute approximate surface area is 125 Å². The minimum Gasteiger partial charge on any atom is -0.382 e. The number of aliphatic hydroxyl groups excluding tert-OH is 1. The van der Waals surface area contributed by atoms with Crippen molar-refractivity contribution >= 4 is 17.7 Å². The largest absolute Gasteiger partial charge is 0.382 e. The van der Waals surface area contributed by atoms with Crippen LogP contribution in [0, 0.1) is 5.92 Å². The minimum absolute atomic E-state index is 0.0459. The van der Waals surface area contributed by atoms with E-state index in [0.29, 0.717) is 0 Å².